The Bertz CT molecular complexity index is 604. The average molecular weight is 329 g/mol. The molecule has 0 amide bonds. The lowest BCUT2D eigenvalue weighted by Crippen LogP contribution is -2.01. The highest BCUT2D eigenvalue weighted by Crippen LogP contribution is 2.44. The molecule has 0 N–H and O–H groups in total. The average Bonchev–Trinajstić information content (AvgIpc) is 2.61. The summed E-state index contributed by atoms with van der Waals surface area (Å²) < 4.78 is 6.42. The third kappa shape index (κ3) is 4.59. The molecule has 22 heavy (non-hydrogen) atoms. The predicted octanol–water partition coefficient (Wildman–Crippen LogP) is 5.65. The van der Waals surface area contributed by atoms with Gasteiger partial charge >= 0.3 is 0 Å². The van der Waals surface area contributed by atoms with Gasteiger partial charge in [0.1, 0.15) is 12.4 Å². The van der Waals surface area contributed by atoms with E-state index >= 15 is 0 Å². The number of hydrogen-bond donors (Lipinski definition) is 0. The molecule has 1 nitrogen and oxygen atoms in total. The Labute approximate surface area is 141 Å². The van der Waals surface area contributed by atoms with E-state index in [9.17, 15) is 0 Å². The molecule has 0 aliphatic carbocycles. The minimum atomic E-state index is 0.567. The van der Waals surface area contributed by atoms with Crippen molar-refractivity contribution in [2.45, 2.75) is 11.0 Å². The van der Waals surface area contributed by atoms with Crippen molar-refractivity contribution < 1.29 is 4.74 Å². The van der Waals surface area contributed by atoms with Crippen molar-refractivity contribution in [3.05, 3.63) is 71.8 Å². The topological polar surface area (TPSA) is 9.23 Å². The molecule has 0 radical (unpaired) electrons. The van der Waals surface area contributed by atoms with E-state index in [2.05, 4.69) is 42.5 Å². The van der Waals surface area contributed by atoms with E-state index in [0.29, 0.717) is 11.2 Å². The van der Waals surface area contributed by atoms with Crippen LogP contribution in [0.15, 0.2) is 60.7 Å². The summed E-state index contributed by atoms with van der Waals surface area (Å²) in [5.41, 5.74) is 2.58. The van der Waals surface area contributed by atoms with Crippen LogP contribution in [0.4, 0.5) is 0 Å². The second-order valence-electron chi connectivity index (χ2n) is 5.12. The SMILES string of the molecule is C(=Cc1ccccc1)COc1cccc(C2SCCCS2)c1. The van der Waals surface area contributed by atoms with Crippen molar-refractivity contribution in [3.8, 4) is 5.75 Å². The Hall–Kier alpha value is -1.32. The zero-order valence-electron chi connectivity index (χ0n) is 12.5. The van der Waals surface area contributed by atoms with Gasteiger partial charge in [-0.05, 0) is 47.3 Å². The Kier molecular flexibility index (Phi) is 5.91. The van der Waals surface area contributed by atoms with E-state index < -0.39 is 0 Å². The van der Waals surface area contributed by atoms with Gasteiger partial charge in [0.15, 0.2) is 0 Å². The minimum absolute atomic E-state index is 0.567. The highest BCUT2D eigenvalue weighted by Gasteiger charge is 2.16. The zero-order chi connectivity index (χ0) is 15.0. The summed E-state index contributed by atoms with van der Waals surface area (Å²) in [5.74, 6) is 3.49. The fourth-order valence-electron chi connectivity index (χ4n) is 2.32. The number of ether oxygens (including phenoxy) is 1. The molecular formula is C19H20OS2. The first-order valence-corrected chi connectivity index (χ1v) is 9.69. The third-order valence-electron chi connectivity index (χ3n) is 3.41. The minimum Gasteiger partial charge on any atom is -0.490 e. The van der Waals surface area contributed by atoms with Gasteiger partial charge in [0, 0.05) is 0 Å². The van der Waals surface area contributed by atoms with Crippen molar-refractivity contribution >= 4 is 29.6 Å². The summed E-state index contributed by atoms with van der Waals surface area (Å²) in [6, 6.07) is 18.8. The van der Waals surface area contributed by atoms with Gasteiger partial charge in [-0.2, -0.15) is 0 Å². The maximum atomic E-state index is 5.85. The van der Waals surface area contributed by atoms with Gasteiger partial charge in [-0.1, -0.05) is 48.5 Å². The fourth-order valence-corrected chi connectivity index (χ4v) is 5.20. The molecular weight excluding hydrogens is 308 g/mol. The summed E-state index contributed by atoms with van der Waals surface area (Å²) in [7, 11) is 0. The maximum absolute atomic E-state index is 5.85. The predicted molar refractivity (Wildman–Crippen MR) is 99.7 cm³/mol. The summed E-state index contributed by atoms with van der Waals surface area (Å²) >= 11 is 4.09. The molecule has 114 valence electrons. The van der Waals surface area contributed by atoms with Crippen LogP contribution in [0.2, 0.25) is 0 Å². The summed E-state index contributed by atoms with van der Waals surface area (Å²) in [6.45, 7) is 0.600. The van der Waals surface area contributed by atoms with E-state index in [4.69, 9.17) is 4.74 Å². The maximum Gasteiger partial charge on any atom is 0.120 e. The number of thioether (sulfide) groups is 2. The molecule has 1 heterocycles. The molecule has 0 unspecified atom stereocenters. The molecule has 1 fully saturated rings. The molecule has 3 rings (SSSR count). The standard InChI is InChI=1S/C19H20OS2/c1-2-7-16(8-3-1)9-5-12-20-18-11-4-10-17(15-18)19-21-13-6-14-22-19/h1-5,7-11,15,19H,6,12-14H2. The van der Waals surface area contributed by atoms with Gasteiger partial charge in [-0.25, -0.2) is 0 Å². The second kappa shape index (κ2) is 8.35. The smallest absolute Gasteiger partial charge is 0.120 e. The Morgan fingerprint density at radius 3 is 2.64 bits per heavy atom. The van der Waals surface area contributed by atoms with E-state index in [1.807, 2.05) is 47.8 Å². The summed E-state index contributed by atoms with van der Waals surface area (Å²) in [6.07, 6.45) is 5.48. The molecule has 0 aromatic heterocycles. The first kappa shape index (κ1) is 15.6. The first-order chi connectivity index (χ1) is 10.9. The third-order valence-corrected chi connectivity index (χ3v) is 6.43. The van der Waals surface area contributed by atoms with Crippen LogP contribution in [0.25, 0.3) is 6.08 Å². The summed E-state index contributed by atoms with van der Waals surface area (Å²) in [4.78, 5) is 0. The van der Waals surface area contributed by atoms with Gasteiger partial charge in [0.05, 0.1) is 4.58 Å². The number of benzene rings is 2. The van der Waals surface area contributed by atoms with Gasteiger partial charge in [0.2, 0.25) is 0 Å². The lowest BCUT2D eigenvalue weighted by atomic mass is 10.2. The quantitative estimate of drug-likeness (QED) is 0.702. The fraction of sp³-hybridized carbons (Fsp3) is 0.263. The van der Waals surface area contributed by atoms with Crippen molar-refractivity contribution in [2.75, 3.05) is 18.1 Å². The monoisotopic (exact) mass is 328 g/mol. The first-order valence-electron chi connectivity index (χ1n) is 7.59. The van der Waals surface area contributed by atoms with E-state index in [1.54, 1.807) is 0 Å². The van der Waals surface area contributed by atoms with E-state index in [-0.39, 0.29) is 0 Å². The lowest BCUT2D eigenvalue weighted by molar-refractivity contribution is 0.363. The molecule has 0 spiro atoms. The number of rotatable bonds is 5. The van der Waals surface area contributed by atoms with Crippen LogP contribution in [0, 0.1) is 0 Å². The molecule has 2 aromatic rings. The molecule has 0 bridgehead atoms. The molecule has 2 aromatic carbocycles. The van der Waals surface area contributed by atoms with E-state index in [1.165, 1.54) is 29.1 Å². The van der Waals surface area contributed by atoms with Crippen molar-refractivity contribution in [3.63, 3.8) is 0 Å². The number of hydrogen-bond acceptors (Lipinski definition) is 3. The van der Waals surface area contributed by atoms with Crippen LogP contribution < -0.4 is 4.74 Å². The largest absolute Gasteiger partial charge is 0.490 e. The lowest BCUT2D eigenvalue weighted by Gasteiger charge is -2.21. The summed E-state index contributed by atoms with van der Waals surface area (Å²) in [5, 5.41) is 0. The highest BCUT2D eigenvalue weighted by atomic mass is 32.2. The molecule has 1 aliphatic heterocycles. The van der Waals surface area contributed by atoms with Crippen LogP contribution in [0.1, 0.15) is 22.1 Å². The van der Waals surface area contributed by atoms with Gasteiger partial charge in [-0.15, -0.1) is 23.5 Å². The van der Waals surface area contributed by atoms with E-state index in [0.717, 1.165) is 5.75 Å². The van der Waals surface area contributed by atoms with Crippen LogP contribution in [0.5, 0.6) is 5.75 Å². The Balaban J connectivity index is 1.55. The highest BCUT2D eigenvalue weighted by molar-refractivity contribution is 8.16. The molecule has 3 heteroatoms. The molecule has 1 aliphatic rings. The molecule has 1 saturated heterocycles. The van der Waals surface area contributed by atoms with Crippen LogP contribution in [-0.4, -0.2) is 18.1 Å². The van der Waals surface area contributed by atoms with Crippen LogP contribution in [-0.2, 0) is 0 Å². The Morgan fingerprint density at radius 2 is 1.82 bits per heavy atom. The van der Waals surface area contributed by atoms with Gasteiger partial charge in [0.25, 0.3) is 0 Å². The molecule has 0 atom stereocenters. The van der Waals surface area contributed by atoms with Crippen molar-refractivity contribution in [2.24, 2.45) is 0 Å². The van der Waals surface area contributed by atoms with Crippen LogP contribution >= 0.6 is 23.5 Å². The van der Waals surface area contributed by atoms with Crippen molar-refractivity contribution in [1.29, 1.82) is 0 Å². The Morgan fingerprint density at radius 1 is 1.00 bits per heavy atom. The second-order valence-corrected chi connectivity index (χ2v) is 7.85. The normalized spacial score (nSPS) is 16.0. The molecule has 0 saturated carbocycles. The van der Waals surface area contributed by atoms with Crippen LogP contribution in [0.3, 0.4) is 0 Å². The zero-order valence-corrected chi connectivity index (χ0v) is 14.1. The van der Waals surface area contributed by atoms with Crippen molar-refractivity contribution in [1.82, 2.24) is 0 Å². The van der Waals surface area contributed by atoms with Gasteiger partial charge in [-0.3, -0.25) is 0 Å². The van der Waals surface area contributed by atoms with Gasteiger partial charge < -0.3 is 4.74 Å².